The minimum atomic E-state index is -0.749. The fraction of sp³-hybridized carbons (Fsp3) is 0.167. The number of aromatic nitrogens is 2. The summed E-state index contributed by atoms with van der Waals surface area (Å²) in [5.41, 5.74) is 0.697. The third-order valence-electron chi connectivity index (χ3n) is 4.18. The number of hydrogen-bond acceptors (Lipinski definition) is 7. The molecule has 1 aliphatic heterocycles. The van der Waals surface area contributed by atoms with Crippen molar-refractivity contribution in [3.05, 3.63) is 52.4 Å². The Morgan fingerprint density at radius 2 is 2.04 bits per heavy atom. The van der Waals surface area contributed by atoms with Crippen molar-refractivity contribution < 1.29 is 19.1 Å². The van der Waals surface area contributed by atoms with E-state index < -0.39 is 18.5 Å². The van der Waals surface area contributed by atoms with Crippen molar-refractivity contribution in [2.45, 2.75) is 6.54 Å². The van der Waals surface area contributed by atoms with Crippen LogP contribution in [0.25, 0.3) is 10.2 Å². The zero-order chi connectivity index (χ0) is 19.7. The van der Waals surface area contributed by atoms with Gasteiger partial charge in [-0.25, -0.2) is 4.98 Å². The number of nitrogens with zero attached hydrogens (tertiary/aromatic N) is 3. The number of carbonyl (C=O) groups excluding carboxylic acids is 3. The van der Waals surface area contributed by atoms with Crippen molar-refractivity contribution in [1.82, 2.24) is 9.55 Å². The first-order chi connectivity index (χ1) is 13.5. The lowest BCUT2D eigenvalue weighted by molar-refractivity contribution is -0.148. The molecule has 3 heterocycles. The van der Waals surface area contributed by atoms with E-state index in [2.05, 4.69) is 10.3 Å². The second kappa shape index (κ2) is 7.24. The van der Waals surface area contributed by atoms with Gasteiger partial charge in [-0.15, -0.1) is 11.3 Å². The number of anilines is 2. The summed E-state index contributed by atoms with van der Waals surface area (Å²) in [6.07, 6.45) is 1.27. The molecule has 3 aromatic rings. The number of para-hydroxylation sites is 2. The van der Waals surface area contributed by atoms with Gasteiger partial charge in [-0.2, -0.15) is 0 Å². The molecule has 10 heteroatoms. The molecule has 1 N–H and O–H groups in total. The van der Waals surface area contributed by atoms with E-state index in [1.165, 1.54) is 22.6 Å². The molecule has 0 saturated heterocycles. The van der Waals surface area contributed by atoms with Gasteiger partial charge >= 0.3 is 5.97 Å². The Kier molecular flexibility index (Phi) is 4.62. The van der Waals surface area contributed by atoms with Gasteiger partial charge in [0.05, 0.1) is 23.1 Å². The van der Waals surface area contributed by atoms with Gasteiger partial charge in [0.2, 0.25) is 5.91 Å². The van der Waals surface area contributed by atoms with Gasteiger partial charge < -0.3 is 10.1 Å². The predicted octanol–water partition coefficient (Wildman–Crippen LogP) is 0.986. The van der Waals surface area contributed by atoms with Crippen molar-refractivity contribution in [3.63, 3.8) is 0 Å². The lowest BCUT2D eigenvalue weighted by atomic mass is 10.2. The standard InChI is InChI=1S/C18H14N4O5S/c23-14-7-22(13-4-2-1-3-12(13)20-14)15(24)9-27-16(25)8-21-10-19-17-11(18(21)26)5-6-28-17/h1-6,10H,7-9H2,(H,20,23). The summed E-state index contributed by atoms with van der Waals surface area (Å²) >= 11 is 1.33. The number of carbonyl (C=O) groups is 3. The van der Waals surface area contributed by atoms with E-state index in [4.69, 9.17) is 4.74 Å². The number of ether oxygens (including phenoxy) is 1. The minimum Gasteiger partial charge on any atom is -0.454 e. The molecule has 28 heavy (non-hydrogen) atoms. The molecule has 9 nitrogen and oxygen atoms in total. The summed E-state index contributed by atoms with van der Waals surface area (Å²) < 4.78 is 6.14. The van der Waals surface area contributed by atoms with E-state index in [0.717, 1.165) is 4.57 Å². The first-order valence-electron chi connectivity index (χ1n) is 8.30. The molecule has 0 fully saturated rings. The van der Waals surface area contributed by atoms with E-state index in [9.17, 15) is 19.2 Å². The average molecular weight is 398 g/mol. The summed E-state index contributed by atoms with van der Waals surface area (Å²) in [6, 6.07) is 8.49. The fourth-order valence-electron chi connectivity index (χ4n) is 2.87. The van der Waals surface area contributed by atoms with Gasteiger partial charge in [-0.3, -0.25) is 28.6 Å². The first-order valence-corrected chi connectivity index (χ1v) is 9.18. The molecule has 2 aromatic heterocycles. The van der Waals surface area contributed by atoms with Crippen LogP contribution in [0.15, 0.2) is 46.8 Å². The summed E-state index contributed by atoms with van der Waals surface area (Å²) in [7, 11) is 0. The second-order valence-corrected chi connectivity index (χ2v) is 6.92. The van der Waals surface area contributed by atoms with Gasteiger partial charge in [0.1, 0.15) is 17.9 Å². The molecule has 1 aromatic carbocycles. The highest BCUT2D eigenvalue weighted by molar-refractivity contribution is 7.16. The molecule has 0 unspecified atom stereocenters. The molecular formula is C18H14N4O5S. The van der Waals surface area contributed by atoms with Crippen molar-refractivity contribution in [3.8, 4) is 0 Å². The average Bonchev–Trinajstić information content (AvgIpc) is 3.17. The number of amides is 2. The van der Waals surface area contributed by atoms with Crippen LogP contribution in [-0.2, 0) is 25.7 Å². The number of rotatable bonds is 4. The lowest BCUT2D eigenvalue weighted by Gasteiger charge is -2.28. The number of benzene rings is 1. The SMILES string of the molecule is O=C1CN(C(=O)COC(=O)Cn2cnc3sccc3c2=O)c2ccccc2N1. The second-order valence-electron chi connectivity index (χ2n) is 6.02. The van der Waals surface area contributed by atoms with Crippen molar-refractivity contribution >= 4 is 50.7 Å². The first kappa shape index (κ1) is 17.9. The molecule has 0 atom stereocenters. The zero-order valence-corrected chi connectivity index (χ0v) is 15.3. The Bertz CT molecular complexity index is 1150. The Labute approximate surface area is 162 Å². The predicted molar refractivity (Wildman–Crippen MR) is 102 cm³/mol. The highest BCUT2D eigenvalue weighted by atomic mass is 32.1. The van der Waals surface area contributed by atoms with Crippen LogP contribution in [0.3, 0.4) is 0 Å². The van der Waals surface area contributed by atoms with Crippen LogP contribution in [0.2, 0.25) is 0 Å². The topological polar surface area (TPSA) is 111 Å². The molecule has 0 bridgehead atoms. The molecule has 2 amide bonds. The zero-order valence-electron chi connectivity index (χ0n) is 14.5. The molecule has 0 spiro atoms. The van der Waals surface area contributed by atoms with Gasteiger partial charge in [0, 0.05) is 0 Å². The number of nitrogens with one attached hydrogen (secondary N) is 1. The maximum atomic E-state index is 12.5. The van der Waals surface area contributed by atoms with Crippen LogP contribution in [0.4, 0.5) is 11.4 Å². The van der Waals surface area contributed by atoms with Crippen molar-refractivity contribution in [2.24, 2.45) is 0 Å². The quantitative estimate of drug-likeness (QED) is 0.656. The molecule has 0 radical (unpaired) electrons. The summed E-state index contributed by atoms with van der Waals surface area (Å²) in [5.74, 6) is -1.61. The van der Waals surface area contributed by atoms with E-state index in [1.807, 2.05) is 0 Å². The molecule has 4 rings (SSSR count). The maximum Gasteiger partial charge on any atom is 0.326 e. The number of thiophene rings is 1. The van der Waals surface area contributed by atoms with Gasteiger partial charge in [0.25, 0.3) is 11.5 Å². The number of fused-ring (bicyclic) bond motifs is 2. The Morgan fingerprint density at radius 3 is 2.89 bits per heavy atom. The van der Waals surface area contributed by atoms with E-state index in [0.29, 0.717) is 21.6 Å². The highest BCUT2D eigenvalue weighted by Gasteiger charge is 2.27. The molecule has 142 valence electrons. The highest BCUT2D eigenvalue weighted by Crippen LogP contribution is 2.28. The van der Waals surface area contributed by atoms with Crippen molar-refractivity contribution in [2.75, 3.05) is 23.4 Å². The Hall–Kier alpha value is -3.53. The fourth-order valence-corrected chi connectivity index (χ4v) is 3.59. The van der Waals surface area contributed by atoms with E-state index >= 15 is 0 Å². The van der Waals surface area contributed by atoms with Gasteiger partial charge in [-0.1, -0.05) is 12.1 Å². The van der Waals surface area contributed by atoms with Crippen LogP contribution < -0.4 is 15.8 Å². The minimum absolute atomic E-state index is 0.161. The van der Waals surface area contributed by atoms with E-state index in [-0.39, 0.29) is 24.6 Å². The van der Waals surface area contributed by atoms with Gasteiger partial charge in [0.15, 0.2) is 6.61 Å². The van der Waals surface area contributed by atoms with E-state index in [1.54, 1.807) is 35.7 Å². The van der Waals surface area contributed by atoms with Crippen LogP contribution >= 0.6 is 11.3 Å². The van der Waals surface area contributed by atoms with Crippen LogP contribution in [-0.4, -0.2) is 40.5 Å². The number of esters is 1. The summed E-state index contributed by atoms with van der Waals surface area (Å²) in [5, 5.41) is 4.84. The van der Waals surface area contributed by atoms with Crippen LogP contribution in [0.1, 0.15) is 0 Å². The third kappa shape index (κ3) is 3.37. The van der Waals surface area contributed by atoms with Crippen LogP contribution in [0, 0.1) is 0 Å². The van der Waals surface area contributed by atoms with Crippen LogP contribution in [0.5, 0.6) is 0 Å². The maximum absolute atomic E-state index is 12.5. The lowest BCUT2D eigenvalue weighted by Crippen LogP contribution is -2.44. The molecule has 1 aliphatic rings. The summed E-state index contributed by atoms with van der Waals surface area (Å²) in [4.78, 5) is 54.6. The summed E-state index contributed by atoms with van der Waals surface area (Å²) in [6.45, 7) is -1.06. The molecule has 0 aliphatic carbocycles. The largest absolute Gasteiger partial charge is 0.454 e. The molecule has 0 saturated carbocycles. The normalized spacial score (nSPS) is 13.1. The Morgan fingerprint density at radius 1 is 1.21 bits per heavy atom. The third-order valence-corrected chi connectivity index (χ3v) is 5.00. The smallest absolute Gasteiger partial charge is 0.326 e. The Balaban J connectivity index is 1.42. The van der Waals surface area contributed by atoms with Crippen molar-refractivity contribution in [1.29, 1.82) is 0 Å². The van der Waals surface area contributed by atoms with Gasteiger partial charge in [-0.05, 0) is 23.6 Å². The molecular weight excluding hydrogens is 384 g/mol. The number of hydrogen-bond donors (Lipinski definition) is 1. The monoisotopic (exact) mass is 398 g/mol.